The number of halogens is 3. The van der Waals surface area contributed by atoms with Gasteiger partial charge < -0.3 is 9.73 Å². The van der Waals surface area contributed by atoms with Gasteiger partial charge in [-0.2, -0.15) is 18.3 Å². The van der Waals surface area contributed by atoms with Gasteiger partial charge in [-0.25, -0.2) is 19.4 Å². The zero-order valence-electron chi connectivity index (χ0n) is 17.0. The van der Waals surface area contributed by atoms with E-state index < -0.39 is 23.4 Å². The first kappa shape index (κ1) is 21.1. The number of aromatic nitrogens is 5. The van der Waals surface area contributed by atoms with Gasteiger partial charge in [0.1, 0.15) is 5.56 Å². The summed E-state index contributed by atoms with van der Waals surface area (Å²) in [7, 11) is 0. The van der Waals surface area contributed by atoms with Crippen LogP contribution in [-0.4, -0.2) is 30.7 Å². The number of fused-ring (bicyclic) bond motifs is 1. The maximum Gasteiger partial charge on any atom is 0.434 e. The molecule has 34 heavy (non-hydrogen) atoms. The number of nitrogens with one attached hydrogen (secondary N) is 2. The highest BCUT2D eigenvalue weighted by Crippen LogP contribution is 2.30. The quantitative estimate of drug-likeness (QED) is 0.413. The molecule has 1 amide bonds. The van der Waals surface area contributed by atoms with Gasteiger partial charge in [-0.3, -0.25) is 4.79 Å². The van der Waals surface area contributed by atoms with Crippen LogP contribution in [0.1, 0.15) is 15.9 Å². The molecule has 0 saturated carbocycles. The maximum atomic E-state index is 13.0. The number of anilines is 1. The van der Waals surface area contributed by atoms with Crippen LogP contribution in [0.5, 0.6) is 0 Å². The molecule has 0 spiro atoms. The Bertz CT molecular complexity index is 1580. The number of aromatic amines is 1. The van der Waals surface area contributed by atoms with Crippen LogP contribution in [0.3, 0.4) is 0 Å². The van der Waals surface area contributed by atoms with Crippen LogP contribution in [0.2, 0.25) is 0 Å². The molecule has 0 atom stereocenters. The number of H-pyrrole nitrogens is 1. The van der Waals surface area contributed by atoms with Crippen LogP contribution in [0.4, 0.5) is 18.9 Å². The second-order valence-corrected chi connectivity index (χ2v) is 7.16. The molecule has 9 nitrogen and oxygen atoms in total. The Hall–Kier alpha value is -4.74. The van der Waals surface area contributed by atoms with Gasteiger partial charge in [-0.05, 0) is 36.4 Å². The first-order valence-electron chi connectivity index (χ1n) is 9.77. The molecular formula is C22H13F3N6O3. The Morgan fingerprint density at radius 3 is 2.68 bits per heavy atom. The second kappa shape index (κ2) is 7.99. The van der Waals surface area contributed by atoms with E-state index in [4.69, 9.17) is 4.42 Å². The van der Waals surface area contributed by atoms with Crippen LogP contribution < -0.4 is 11.1 Å². The van der Waals surface area contributed by atoms with Gasteiger partial charge in [0, 0.05) is 23.0 Å². The number of alkyl halides is 3. The number of hydrogen-bond acceptors (Lipinski definition) is 6. The van der Waals surface area contributed by atoms with Gasteiger partial charge in [-0.15, -0.1) is 5.10 Å². The Balaban J connectivity index is 1.46. The van der Waals surface area contributed by atoms with Crippen molar-refractivity contribution in [2.75, 3.05) is 5.32 Å². The largest absolute Gasteiger partial charge is 0.434 e. The van der Waals surface area contributed by atoms with E-state index >= 15 is 0 Å². The van der Waals surface area contributed by atoms with Crippen molar-refractivity contribution < 1.29 is 22.4 Å². The number of nitrogens with zero attached hydrogens (tertiary/aromatic N) is 4. The summed E-state index contributed by atoms with van der Waals surface area (Å²) in [6.45, 7) is 0. The van der Waals surface area contributed by atoms with Crippen LogP contribution in [0.25, 0.3) is 28.4 Å². The molecule has 3 heterocycles. The fourth-order valence-electron chi connectivity index (χ4n) is 3.40. The van der Waals surface area contributed by atoms with Crippen molar-refractivity contribution in [1.82, 2.24) is 24.8 Å². The molecule has 0 radical (unpaired) electrons. The SMILES string of the molecule is O=C(Nc1cccc(-c2ccnc3c(-c4n[nH]c(=O)o4)cnn23)c1)c1cccc(C(F)(F)F)c1. The number of rotatable bonds is 4. The first-order valence-corrected chi connectivity index (χ1v) is 9.77. The maximum absolute atomic E-state index is 13.0. The summed E-state index contributed by atoms with van der Waals surface area (Å²) in [6.07, 6.45) is -1.57. The molecular weight excluding hydrogens is 453 g/mol. The number of benzene rings is 2. The summed E-state index contributed by atoms with van der Waals surface area (Å²) >= 11 is 0. The number of hydrogen-bond donors (Lipinski definition) is 2. The fourth-order valence-corrected chi connectivity index (χ4v) is 3.40. The van der Waals surface area contributed by atoms with Gasteiger partial charge in [0.2, 0.25) is 0 Å². The molecule has 0 aliphatic rings. The van der Waals surface area contributed by atoms with Crippen LogP contribution in [0, 0.1) is 0 Å². The molecule has 0 bridgehead atoms. The van der Waals surface area contributed by atoms with Gasteiger partial charge in [0.05, 0.1) is 17.5 Å². The Morgan fingerprint density at radius 2 is 1.91 bits per heavy atom. The summed E-state index contributed by atoms with van der Waals surface area (Å²) in [6, 6.07) is 12.6. The lowest BCUT2D eigenvalue weighted by molar-refractivity contribution is -0.137. The highest BCUT2D eigenvalue weighted by Gasteiger charge is 2.30. The van der Waals surface area contributed by atoms with E-state index in [-0.39, 0.29) is 11.5 Å². The minimum absolute atomic E-state index is 0.0340. The smallest absolute Gasteiger partial charge is 0.388 e. The molecule has 5 rings (SSSR count). The molecule has 3 aromatic heterocycles. The van der Waals surface area contributed by atoms with Gasteiger partial charge in [0.15, 0.2) is 5.65 Å². The lowest BCUT2D eigenvalue weighted by Crippen LogP contribution is -2.14. The van der Waals surface area contributed by atoms with E-state index in [9.17, 15) is 22.8 Å². The number of carbonyl (C=O) groups is 1. The van der Waals surface area contributed by atoms with Gasteiger partial charge in [-0.1, -0.05) is 18.2 Å². The molecule has 0 saturated heterocycles. The summed E-state index contributed by atoms with van der Waals surface area (Å²) in [5, 5.41) is 12.9. The molecule has 12 heteroatoms. The molecule has 2 N–H and O–H groups in total. The highest BCUT2D eigenvalue weighted by molar-refractivity contribution is 6.04. The fraction of sp³-hybridized carbons (Fsp3) is 0.0455. The summed E-state index contributed by atoms with van der Waals surface area (Å²) in [5.74, 6) is -1.36. The van der Waals surface area contributed by atoms with Crippen molar-refractivity contribution >= 4 is 17.2 Å². The third kappa shape index (κ3) is 3.92. The Morgan fingerprint density at radius 1 is 1.09 bits per heavy atom. The third-order valence-electron chi connectivity index (χ3n) is 4.94. The zero-order chi connectivity index (χ0) is 23.9. The lowest BCUT2D eigenvalue weighted by atomic mass is 10.1. The van der Waals surface area contributed by atoms with Crippen molar-refractivity contribution in [3.05, 3.63) is 88.7 Å². The van der Waals surface area contributed by atoms with Gasteiger partial charge >= 0.3 is 11.9 Å². The van der Waals surface area contributed by atoms with Crippen LogP contribution >= 0.6 is 0 Å². The molecule has 0 unspecified atom stereocenters. The van der Waals surface area contributed by atoms with E-state index in [2.05, 4.69) is 25.6 Å². The minimum Gasteiger partial charge on any atom is -0.388 e. The summed E-state index contributed by atoms with van der Waals surface area (Å²) in [4.78, 5) is 28.1. The van der Waals surface area contributed by atoms with E-state index in [1.165, 1.54) is 29.0 Å². The summed E-state index contributed by atoms with van der Waals surface area (Å²) < 4.78 is 45.4. The molecule has 170 valence electrons. The molecule has 0 aliphatic carbocycles. The van der Waals surface area contributed by atoms with Crippen LogP contribution in [0.15, 0.2) is 76.2 Å². The van der Waals surface area contributed by atoms with Crippen molar-refractivity contribution in [2.45, 2.75) is 6.18 Å². The van der Waals surface area contributed by atoms with E-state index in [1.54, 1.807) is 30.3 Å². The normalized spacial score (nSPS) is 11.6. The topological polar surface area (TPSA) is 118 Å². The molecule has 0 fully saturated rings. The van der Waals surface area contributed by atoms with E-state index in [0.29, 0.717) is 28.2 Å². The van der Waals surface area contributed by atoms with E-state index in [1.807, 2.05) is 0 Å². The molecule has 0 aliphatic heterocycles. The Labute approximate surface area is 187 Å². The first-order chi connectivity index (χ1) is 16.3. The summed E-state index contributed by atoms with van der Waals surface area (Å²) in [5.41, 5.74) is 1.37. The predicted molar refractivity (Wildman–Crippen MR) is 114 cm³/mol. The van der Waals surface area contributed by atoms with Gasteiger partial charge in [0.25, 0.3) is 11.8 Å². The lowest BCUT2D eigenvalue weighted by Gasteiger charge is -2.11. The number of carbonyl (C=O) groups excluding carboxylic acids is 1. The molecule has 2 aromatic carbocycles. The van der Waals surface area contributed by atoms with Crippen molar-refractivity contribution in [3.63, 3.8) is 0 Å². The van der Waals surface area contributed by atoms with Crippen LogP contribution in [-0.2, 0) is 6.18 Å². The zero-order valence-corrected chi connectivity index (χ0v) is 17.0. The average Bonchev–Trinajstić information content (AvgIpc) is 3.44. The monoisotopic (exact) mass is 466 g/mol. The number of amides is 1. The molecule has 5 aromatic rings. The highest BCUT2D eigenvalue weighted by atomic mass is 19.4. The predicted octanol–water partition coefficient (Wildman–Crippen LogP) is 4.01. The minimum atomic E-state index is -4.55. The van der Waals surface area contributed by atoms with Crippen molar-refractivity contribution in [3.8, 4) is 22.7 Å². The average molecular weight is 466 g/mol. The Kier molecular flexibility index (Phi) is 4.97. The van der Waals surface area contributed by atoms with Crippen molar-refractivity contribution in [2.24, 2.45) is 0 Å². The van der Waals surface area contributed by atoms with E-state index in [0.717, 1.165) is 12.1 Å². The van der Waals surface area contributed by atoms with Crippen molar-refractivity contribution in [1.29, 1.82) is 0 Å². The standard InChI is InChI=1S/C22H13F3N6O3/c23-22(24,25)14-5-1-4-13(9-14)19(32)28-15-6-2-3-12(10-15)17-7-8-26-18-16(11-27-31(17)18)20-29-30-21(33)34-20/h1-11H,(H,28,32)(H,30,33). The second-order valence-electron chi connectivity index (χ2n) is 7.16. The third-order valence-corrected chi connectivity index (χ3v) is 4.94.